The van der Waals surface area contributed by atoms with Crippen LogP contribution in [-0.4, -0.2) is 25.2 Å². The highest BCUT2D eigenvalue weighted by molar-refractivity contribution is 5.81. The predicted octanol–water partition coefficient (Wildman–Crippen LogP) is 2.79. The molecule has 0 radical (unpaired) electrons. The van der Waals surface area contributed by atoms with Gasteiger partial charge in [0, 0.05) is 11.5 Å². The van der Waals surface area contributed by atoms with Crippen LogP contribution in [0.5, 0.6) is 0 Å². The minimum Gasteiger partial charge on any atom is -0.465 e. The van der Waals surface area contributed by atoms with Crippen molar-refractivity contribution in [3.05, 3.63) is 24.8 Å². The van der Waals surface area contributed by atoms with Crippen molar-refractivity contribution in [1.29, 1.82) is 0 Å². The van der Waals surface area contributed by atoms with Gasteiger partial charge < -0.3 is 9.47 Å². The highest BCUT2D eigenvalue weighted by atomic mass is 16.5. The third kappa shape index (κ3) is 4.22. The van der Waals surface area contributed by atoms with Gasteiger partial charge >= 0.3 is 11.9 Å². The Labute approximate surface area is 119 Å². The molecule has 0 aromatic rings. The average Bonchev–Trinajstić information content (AvgIpc) is 3.22. The van der Waals surface area contributed by atoms with Gasteiger partial charge in [-0.05, 0) is 38.5 Å². The number of hydrogen-bond donors (Lipinski definition) is 0. The topological polar surface area (TPSA) is 52.6 Å². The lowest BCUT2D eigenvalue weighted by atomic mass is 9.78. The van der Waals surface area contributed by atoms with E-state index in [9.17, 15) is 9.59 Å². The molecule has 0 atom stereocenters. The zero-order chi connectivity index (χ0) is 14.4. The van der Waals surface area contributed by atoms with Crippen LogP contribution in [-0.2, 0) is 19.1 Å². The van der Waals surface area contributed by atoms with Gasteiger partial charge in [-0.25, -0.2) is 4.79 Å². The van der Waals surface area contributed by atoms with Crippen molar-refractivity contribution in [2.45, 2.75) is 38.5 Å². The Morgan fingerprint density at radius 2 is 1.75 bits per heavy atom. The lowest BCUT2D eigenvalue weighted by molar-refractivity contribution is -0.150. The highest BCUT2D eigenvalue weighted by Crippen LogP contribution is 2.49. The van der Waals surface area contributed by atoms with Gasteiger partial charge in [-0.15, -0.1) is 0 Å². The summed E-state index contributed by atoms with van der Waals surface area (Å²) in [5, 5.41) is 0. The predicted molar refractivity (Wildman–Crippen MR) is 74.9 cm³/mol. The van der Waals surface area contributed by atoms with E-state index in [2.05, 4.69) is 18.7 Å². The Morgan fingerprint density at radius 1 is 1.15 bits per heavy atom. The number of carbonyl (C=O) groups excluding carboxylic acids is 2. The molecule has 1 fully saturated rings. The Balaban J connectivity index is 1.50. The SMILES string of the molecule is C=CC(=O)OCCCCOC(=O)C1CCC2(C=C2)CC1. The number of carbonyl (C=O) groups is 2. The van der Waals surface area contributed by atoms with E-state index in [4.69, 9.17) is 9.47 Å². The Bertz CT molecular complexity index is 395. The van der Waals surface area contributed by atoms with Crippen molar-refractivity contribution in [3.8, 4) is 0 Å². The lowest BCUT2D eigenvalue weighted by Crippen LogP contribution is -2.25. The summed E-state index contributed by atoms with van der Waals surface area (Å²) in [6.07, 6.45) is 11.1. The second kappa shape index (κ2) is 6.73. The number of rotatable bonds is 7. The summed E-state index contributed by atoms with van der Waals surface area (Å²) in [4.78, 5) is 22.7. The first-order chi connectivity index (χ1) is 9.65. The number of unbranched alkanes of at least 4 members (excludes halogenated alkanes) is 1. The number of allylic oxidation sites excluding steroid dienone is 2. The summed E-state index contributed by atoms with van der Waals surface area (Å²) < 4.78 is 10.1. The summed E-state index contributed by atoms with van der Waals surface area (Å²) >= 11 is 0. The fourth-order valence-electron chi connectivity index (χ4n) is 2.57. The molecule has 110 valence electrons. The van der Waals surface area contributed by atoms with Gasteiger partial charge in [0.1, 0.15) is 0 Å². The molecule has 0 aromatic heterocycles. The minimum atomic E-state index is -0.410. The smallest absolute Gasteiger partial charge is 0.330 e. The summed E-state index contributed by atoms with van der Waals surface area (Å²) in [5.41, 5.74) is 0.367. The van der Waals surface area contributed by atoms with E-state index in [-0.39, 0.29) is 11.9 Å². The Morgan fingerprint density at radius 3 is 2.30 bits per heavy atom. The average molecular weight is 278 g/mol. The maximum Gasteiger partial charge on any atom is 0.330 e. The third-order valence-corrected chi connectivity index (χ3v) is 4.08. The number of ether oxygens (including phenoxy) is 2. The maximum atomic E-state index is 11.9. The van der Waals surface area contributed by atoms with Crippen LogP contribution in [0.2, 0.25) is 0 Å². The van der Waals surface area contributed by atoms with Crippen LogP contribution in [0.1, 0.15) is 38.5 Å². The first-order valence-electron chi connectivity index (χ1n) is 7.31. The van der Waals surface area contributed by atoms with Gasteiger partial charge in [0.2, 0.25) is 0 Å². The summed E-state index contributed by atoms with van der Waals surface area (Å²) in [6, 6.07) is 0. The van der Waals surface area contributed by atoms with Crippen molar-refractivity contribution < 1.29 is 19.1 Å². The summed E-state index contributed by atoms with van der Waals surface area (Å²) in [5.74, 6) is -0.406. The first kappa shape index (κ1) is 14.8. The second-order valence-corrected chi connectivity index (χ2v) is 5.59. The van der Waals surface area contributed by atoms with E-state index in [0.29, 0.717) is 31.5 Å². The molecular weight excluding hydrogens is 256 g/mol. The molecule has 0 aliphatic heterocycles. The molecule has 2 aliphatic carbocycles. The van der Waals surface area contributed by atoms with Crippen molar-refractivity contribution in [2.75, 3.05) is 13.2 Å². The molecule has 2 aliphatic rings. The van der Waals surface area contributed by atoms with Crippen LogP contribution in [0, 0.1) is 11.3 Å². The summed E-state index contributed by atoms with van der Waals surface area (Å²) in [6.45, 7) is 4.07. The van der Waals surface area contributed by atoms with Gasteiger partial charge in [-0.1, -0.05) is 18.7 Å². The molecular formula is C16H22O4. The molecule has 0 N–H and O–H groups in total. The second-order valence-electron chi connectivity index (χ2n) is 5.59. The van der Waals surface area contributed by atoms with Crippen molar-refractivity contribution in [2.24, 2.45) is 11.3 Å². The molecule has 1 saturated carbocycles. The number of esters is 2. The Hall–Kier alpha value is -1.58. The molecule has 0 heterocycles. The van der Waals surface area contributed by atoms with E-state index < -0.39 is 5.97 Å². The van der Waals surface area contributed by atoms with Gasteiger partial charge in [0.25, 0.3) is 0 Å². The fourth-order valence-corrected chi connectivity index (χ4v) is 2.57. The lowest BCUT2D eigenvalue weighted by Gasteiger charge is -2.27. The van der Waals surface area contributed by atoms with Crippen LogP contribution in [0.25, 0.3) is 0 Å². The molecule has 4 nitrogen and oxygen atoms in total. The van der Waals surface area contributed by atoms with Gasteiger partial charge in [0.15, 0.2) is 0 Å². The molecule has 0 unspecified atom stereocenters. The first-order valence-corrected chi connectivity index (χ1v) is 7.31. The van der Waals surface area contributed by atoms with Crippen LogP contribution in [0.15, 0.2) is 24.8 Å². The normalized spacial score (nSPS) is 19.6. The van der Waals surface area contributed by atoms with Gasteiger partial charge in [-0.2, -0.15) is 0 Å². The maximum absolute atomic E-state index is 11.9. The molecule has 1 spiro atoms. The fraction of sp³-hybridized carbons (Fsp3) is 0.625. The molecule has 0 aromatic carbocycles. The van der Waals surface area contributed by atoms with Crippen LogP contribution in [0.3, 0.4) is 0 Å². The van der Waals surface area contributed by atoms with E-state index in [1.54, 1.807) is 0 Å². The van der Waals surface area contributed by atoms with Crippen molar-refractivity contribution >= 4 is 11.9 Å². The molecule has 0 saturated heterocycles. The highest BCUT2D eigenvalue weighted by Gasteiger charge is 2.40. The molecule has 0 amide bonds. The van der Waals surface area contributed by atoms with E-state index in [1.165, 1.54) is 0 Å². The standard InChI is InChI=1S/C16H22O4/c1-2-14(17)19-11-3-4-12-20-15(18)13-5-7-16(8-6-13)9-10-16/h2,9-10,13H,1,3-8,11-12H2. The molecule has 20 heavy (non-hydrogen) atoms. The van der Waals surface area contributed by atoms with Gasteiger partial charge in [0.05, 0.1) is 19.1 Å². The Kier molecular flexibility index (Phi) is 4.99. The number of hydrogen-bond acceptors (Lipinski definition) is 4. The third-order valence-electron chi connectivity index (χ3n) is 4.08. The zero-order valence-corrected chi connectivity index (χ0v) is 11.8. The molecule has 0 bridgehead atoms. The van der Waals surface area contributed by atoms with E-state index >= 15 is 0 Å². The van der Waals surface area contributed by atoms with Crippen LogP contribution < -0.4 is 0 Å². The largest absolute Gasteiger partial charge is 0.465 e. The monoisotopic (exact) mass is 278 g/mol. The van der Waals surface area contributed by atoms with E-state index in [0.717, 1.165) is 31.8 Å². The van der Waals surface area contributed by atoms with E-state index in [1.807, 2.05) is 0 Å². The van der Waals surface area contributed by atoms with Crippen LogP contribution >= 0.6 is 0 Å². The van der Waals surface area contributed by atoms with Crippen molar-refractivity contribution in [3.63, 3.8) is 0 Å². The van der Waals surface area contributed by atoms with Crippen LogP contribution in [0.4, 0.5) is 0 Å². The molecule has 4 heteroatoms. The zero-order valence-electron chi connectivity index (χ0n) is 11.8. The molecule has 2 rings (SSSR count). The van der Waals surface area contributed by atoms with Gasteiger partial charge in [-0.3, -0.25) is 4.79 Å². The summed E-state index contributed by atoms with van der Waals surface area (Å²) in [7, 11) is 0. The quantitative estimate of drug-likeness (QED) is 0.311. The minimum absolute atomic E-state index is 0.0661. The van der Waals surface area contributed by atoms with Crippen molar-refractivity contribution in [1.82, 2.24) is 0 Å².